The molecule has 2 rings (SSSR count). The fourth-order valence-electron chi connectivity index (χ4n) is 3.27. The van der Waals surface area contributed by atoms with Crippen molar-refractivity contribution >= 4 is 11.9 Å². The molecule has 6 heteroatoms. The van der Waals surface area contributed by atoms with Gasteiger partial charge in [-0.1, -0.05) is 0 Å². The van der Waals surface area contributed by atoms with Crippen LogP contribution in [0.3, 0.4) is 0 Å². The van der Waals surface area contributed by atoms with Gasteiger partial charge in [0.2, 0.25) is 5.91 Å². The van der Waals surface area contributed by atoms with Gasteiger partial charge in [-0.05, 0) is 33.1 Å². The molecule has 2 aliphatic heterocycles. The van der Waals surface area contributed by atoms with Crippen molar-refractivity contribution in [2.24, 2.45) is 0 Å². The third-order valence-corrected chi connectivity index (χ3v) is 4.67. The molecule has 2 aliphatic rings. The topological polar surface area (TPSA) is 61.9 Å². The monoisotopic (exact) mass is 297 g/mol. The molecular formula is C15H27N3O3. The van der Waals surface area contributed by atoms with E-state index in [0.717, 1.165) is 39.0 Å². The fourth-order valence-corrected chi connectivity index (χ4v) is 3.27. The molecule has 120 valence electrons. The van der Waals surface area contributed by atoms with Crippen molar-refractivity contribution in [2.45, 2.75) is 44.7 Å². The Morgan fingerprint density at radius 3 is 2.43 bits per heavy atom. The SMILES string of the molecule is COC(=O)C1CCCCN1C(=O)C(C)(C)N1CCNCC1. The van der Waals surface area contributed by atoms with Crippen LogP contribution in [-0.4, -0.2) is 73.1 Å². The number of rotatable bonds is 3. The van der Waals surface area contributed by atoms with Crippen LogP contribution in [0.5, 0.6) is 0 Å². The van der Waals surface area contributed by atoms with E-state index in [-0.39, 0.29) is 11.9 Å². The Bertz CT molecular complexity index is 392. The molecule has 1 atom stereocenters. The first-order valence-corrected chi connectivity index (χ1v) is 7.83. The molecule has 1 unspecified atom stereocenters. The first-order chi connectivity index (χ1) is 9.98. The summed E-state index contributed by atoms with van der Waals surface area (Å²) >= 11 is 0. The minimum Gasteiger partial charge on any atom is -0.467 e. The molecule has 0 aromatic rings. The van der Waals surface area contributed by atoms with E-state index in [2.05, 4.69) is 10.2 Å². The number of hydrogen-bond acceptors (Lipinski definition) is 5. The number of carbonyl (C=O) groups is 2. The van der Waals surface area contributed by atoms with E-state index in [9.17, 15) is 9.59 Å². The molecule has 0 aliphatic carbocycles. The molecule has 0 bridgehead atoms. The van der Waals surface area contributed by atoms with Crippen LogP contribution in [0.4, 0.5) is 0 Å². The Labute approximate surface area is 126 Å². The highest BCUT2D eigenvalue weighted by molar-refractivity contribution is 5.90. The van der Waals surface area contributed by atoms with Crippen molar-refractivity contribution in [2.75, 3.05) is 39.8 Å². The first-order valence-electron chi connectivity index (χ1n) is 7.83. The van der Waals surface area contributed by atoms with Gasteiger partial charge in [0.25, 0.3) is 0 Å². The van der Waals surface area contributed by atoms with E-state index in [1.54, 1.807) is 4.90 Å². The lowest BCUT2D eigenvalue weighted by molar-refractivity contribution is -0.159. The Balaban J connectivity index is 2.13. The highest BCUT2D eigenvalue weighted by Gasteiger charge is 2.43. The van der Waals surface area contributed by atoms with Gasteiger partial charge in [0.15, 0.2) is 0 Å². The number of ether oxygens (including phenoxy) is 1. The first kappa shape index (κ1) is 16.2. The molecule has 0 spiro atoms. The number of nitrogens with zero attached hydrogens (tertiary/aromatic N) is 2. The van der Waals surface area contributed by atoms with Crippen LogP contribution in [0.1, 0.15) is 33.1 Å². The molecule has 1 amide bonds. The third-order valence-electron chi connectivity index (χ3n) is 4.67. The van der Waals surface area contributed by atoms with Gasteiger partial charge in [-0.15, -0.1) is 0 Å². The maximum absolute atomic E-state index is 13.0. The summed E-state index contributed by atoms with van der Waals surface area (Å²) in [5.41, 5.74) is -0.578. The zero-order valence-corrected chi connectivity index (χ0v) is 13.4. The van der Waals surface area contributed by atoms with Crippen molar-refractivity contribution in [1.29, 1.82) is 0 Å². The highest BCUT2D eigenvalue weighted by atomic mass is 16.5. The second kappa shape index (κ2) is 6.75. The van der Waals surface area contributed by atoms with Crippen LogP contribution >= 0.6 is 0 Å². The number of amides is 1. The number of methoxy groups -OCH3 is 1. The number of hydrogen-bond donors (Lipinski definition) is 1. The van der Waals surface area contributed by atoms with Crippen molar-refractivity contribution in [3.05, 3.63) is 0 Å². The van der Waals surface area contributed by atoms with Crippen molar-refractivity contribution in [3.63, 3.8) is 0 Å². The van der Waals surface area contributed by atoms with Gasteiger partial charge in [0, 0.05) is 32.7 Å². The Hall–Kier alpha value is -1.14. The number of piperidine rings is 1. The quantitative estimate of drug-likeness (QED) is 0.755. The lowest BCUT2D eigenvalue weighted by atomic mass is 9.94. The number of likely N-dealkylation sites (tertiary alicyclic amines) is 1. The van der Waals surface area contributed by atoms with Crippen LogP contribution in [0.25, 0.3) is 0 Å². The number of esters is 1. The van der Waals surface area contributed by atoms with E-state index in [1.165, 1.54) is 7.11 Å². The average molecular weight is 297 g/mol. The molecule has 1 N–H and O–H groups in total. The lowest BCUT2D eigenvalue weighted by Crippen LogP contribution is -2.63. The Morgan fingerprint density at radius 1 is 1.14 bits per heavy atom. The maximum Gasteiger partial charge on any atom is 0.328 e. The van der Waals surface area contributed by atoms with Crippen molar-refractivity contribution in [1.82, 2.24) is 15.1 Å². The maximum atomic E-state index is 13.0. The van der Waals surface area contributed by atoms with E-state index in [1.807, 2.05) is 13.8 Å². The summed E-state index contributed by atoms with van der Waals surface area (Å²) in [6, 6.07) is -0.418. The number of piperazine rings is 1. The second-order valence-corrected chi connectivity index (χ2v) is 6.33. The number of carbonyl (C=O) groups excluding carboxylic acids is 2. The zero-order valence-electron chi connectivity index (χ0n) is 13.4. The third kappa shape index (κ3) is 3.37. The second-order valence-electron chi connectivity index (χ2n) is 6.33. The molecule has 6 nitrogen and oxygen atoms in total. The summed E-state index contributed by atoms with van der Waals surface area (Å²) < 4.78 is 4.87. The predicted octanol–water partition coefficient (Wildman–Crippen LogP) is 0.224. The number of nitrogens with one attached hydrogen (secondary N) is 1. The lowest BCUT2D eigenvalue weighted by Gasteiger charge is -2.45. The van der Waals surface area contributed by atoms with Crippen LogP contribution in [0.2, 0.25) is 0 Å². The molecule has 2 fully saturated rings. The van der Waals surface area contributed by atoms with Gasteiger partial charge in [0.1, 0.15) is 6.04 Å². The molecule has 2 saturated heterocycles. The molecule has 0 saturated carbocycles. The molecule has 0 aromatic carbocycles. The summed E-state index contributed by atoms with van der Waals surface area (Å²) in [6.07, 6.45) is 2.63. The van der Waals surface area contributed by atoms with Crippen LogP contribution in [-0.2, 0) is 14.3 Å². The smallest absolute Gasteiger partial charge is 0.328 e. The van der Waals surface area contributed by atoms with Crippen LogP contribution < -0.4 is 5.32 Å². The van der Waals surface area contributed by atoms with Gasteiger partial charge in [-0.3, -0.25) is 9.69 Å². The molecule has 0 aromatic heterocycles. The minimum absolute atomic E-state index is 0.0412. The summed E-state index contributed by atoms with van der Waals surface area (Å²) in [5.74, 6) is -0.251. The van der Waals surface area contributed by atoms with Gasteiger partial charge in [-0.2, -0.15) is 0 Å². The fraction of sp³-hybridized carbons (Fsp3) is 0.867. The van der Waals surface area contributed by atoms with Gasteiger partial charge in [-0.25, -0.2) is 4.79 Å². The standard InChI is InChI=1S/C15H27N3O3/c1-15(2,17-10-7-16-8-11-17)14(20)18-9-5-4-6-12(18)13(19)21-3/h12,16H,4-11H2,1-3H3. The average Bonchev–Trinajstić information content (AvgIpc) is 2.54. The Morgan fingerprint density at radius 2 is 1.81 bits per heavy atom. The molecule has 21 heavy (non-hydrogen) atoms. The summed E-state index contributed by atoms with van der Waals surface area (Å²) in [5, 5.41) is 3.30. The summed E-state index contributed by atoms with van der Waals surface area (Å²) in [4.78, 5) is 28.9. The van der Waals surface area contributed by atoms with Crippen LogP contribution in [0.15, 0.2) is 0 Å². The largest absolute Gasteiger partial charge is 0.467 e. The van der Waals surface area contributed by atoms with E-state index in [4.69, 9.17) is 4.74 Å². The van der Waals surface area contributed by atoms with E-state index < -0.39 is 11.6 Å². The zero-order chi connectivity index (χ0) is 15.5. The van der Waals surface area contributed by atoms with Gasteiger partial charge in [0.05, 0.1) is 12.6 Å². The molecular weight excluding hydrogens is 270 g/mol. The van der Waals surface area contributed by atoms with Gasteiger partial charge < -0.3 is 15.0 Å². The van der Waals surface area contributed by atoms with Crippen molar-refractivity contribution in [3.8, 4) is 0 Å². The summed E-state index contributed by atoms with van der Waals surface area (Å²) in [7, 11) is 1.39. The van der Waals surface area contributed by atoms with Crippen molar-refractivity contribution < 1.29 is 14.3 Å². The predicted molar refractivity (Wildman–Crippen MR) is 79.9 cm³/mol. The Kier molecular flexibility index (Phi) is 5.22. The van der Waals surface area contributed by atoms with E-state index in [0.29, 0.717) is 13.0 Å². The van der Waals surface area contributed by atoms with Crippen LogP contribution in [0, 0.1) is 0 Å². The van der Waals surface area contributed by atoms with Gasteiger partial charge >= 0.3 is 5.97 Å². The minimum atomic E-state index is -0.578. The highest BCUT2D eigenvalue weighted by Crippen LogP contribution is 2.25. The van der Waals surface area contributed by atoms with E-state index >= 15 is 0 Å². The normalized spacial score (nSPS) is 24.7. The molecule has 0 radical (unpaired) electrons. The molecule has 2 heterocycles. The summed E-state index contributed by atoms with van der Waals surface area (Å²) in [6.45, 7) is 8.08.